The number of urea groups is 1. The molecule has 2 N–H and O–H groups in total. The van der Waals surface area contributed by atoms with Crippen LogP contribution in [0.15, 0.2) is 35.5 Å². The van der Waals surface area contributed by atoms with Crippen molar-refractivity contribution in [1.82, 2.24) is 14.5 Å². The van der Waals surface area contributed by atoms with Crippen LogP contribution < -0.4 is 15.5 Å². The molecule has 2 heterocycles. The van der Waals surface area contributed by atoms with Crippen molar-refractivity contribution in [2.45, 2.75) is 83.4 Å². The van der Waals surface area contributed by atoms with Crippen LogP contribution in [0.4, 0.5) is 10.5 Å². The Morgan fingerprint density at radius 1 is 1.13 bits per heavy atom. The van der Waals surface area contributed by atoms with Crippen LogP contribution in [0.2, 0.25) is 0 Å². The van der Waals surface area contributed by atoms with Crippen LogP contribution >= 0.6 is 11.9 Å². The first kappa shape index (κ1) is 23.7. The molecule has 1 aliphatic heterocycles. The Bertz CT molecular complexity index is 927. The molecular formula is C22H33BN4O3S. The summed E-state index contributed by atoms with van der Waals surface area (Å²) in [5, 5.41) is 7.25. The van der Waals surface area contributed by atoms with E-state index in [1.807, 2.05) is 50.7 Å². The van der Waals surface area contributed by atoms with Gasteiger partial charge in [0, 0.05) is 17.9 Å². The van der Waals surface area contributed by atoms with E-state index < -0.39 is 18.3 Å². The monoisotopic (exact) mass is 444 g/mol. The predicted molar refractivity (Wildman–Crippen MR) is 127 cm³/mol. The summed E-state index contributed by atoms with van der Waals surface area (Å²) in [6, 6.07) is 5.91. The quantitative estimate of drug-likeness (QED) is 0.498. The van der Waals surface area contributed by atoms with Crippen LogP contribution in [0, 0.1) is 0 Å². The van der Waals surface area contributed by atoms with E-state index >= 15 is 0 Å². The molecule has 1 fully saturated rings. The maximum Gasteiger partial charge on any atom is 0.494 e. The third kappa shape index (κ3) is 5.27. The third-order valence-corrected chi connectivity index (χ3v) is 6.57. The van der Waals surface area contributed by atoms with E-state index in [-0.39, 0.29) is 18.0 Å². The van der Waals surface area contributed by atoms with Gasteiger partial charge in [-0.1, -0.05) is 26.0 Å². The summed E-state index contributed by atoms with van der Waals surface area (Å²) in [6.45, 7) is 16.5. The summed E-state index contributed by atoms with van der Waals surface area (Å²) >= 11 is 1.24. The van der Waals surface area contributed by atoms with Gasteiger partial charge in [0.1, 0.15) is 0 Å². The second-order valence-electron chi connectivity index (χ2n) is 9.50. The number of hydrogen-bond acceptors (Lipinski definition) is 5. The van der Waals surface area contributed by atoms with Gasteiger partial charge < -0.3 is 14.6 Å². The molecule has 0 aliphatic carbocycles. The van der Waals surface area contributed by atoms with E-state index in [0.29, 0.717) is 0 Å². The Balaban J connectivity index is 1.69. The molecule has 0 spiro atoms. The fourth-order valence-corrected chi connectivity index (χ4v) is 3.73. The molecule has 0 bridgehead atoms. The summed E-state index contributed by atoms with van der Waals surface area (Å²) in [4.78, 5) is 13.4. The molecule has 1 aromatic carbocycles. The minimum Gasteiger partial charge on any atom is -0.399 e. The highest BCUT2D eigenvalue weighted by Crippen LogP contribution is 2.37. The first-order valence-corrected chi connectivity index (χ1v) is 11.5. The van der Waals surface area contributed by atoms with Crippen molar-refractivity contribution in [1.29, 1.82) is 0 Å². The number of nitrogens with one attached hydrogen (secondary N) is 2. The Hall–Kier alpha value is -1.97. The van der Waals surface area contributed by atoms with Crippen molar-refractivity contribution in [2.75, 3.05) is 5.32 Å². The zero-order valence-corrected chi connectivity index (χ0v) is 20.5. The highest BCUT2D eigenvalue weighted by atomic mass is 32.2. The van der Waals surface area contributed by atoms with Crippen molar-refractivity contribution in [3.05, 3.63) is 36.2 Å². The highest BCUT2D eigenvalue weighted by molar-refractivity contribution is 7.98. The number of hydrogen-bond donors (Lipinski definition) is 2. The maximum atomic E-state index is 12.5. The smallest absolute Gasteiger partial charge is 0.399 e. The molecule has 0 radical (unpaired) electrons. The Morgan fingerprint density at radius 3 is 2.32 bits per heavy atom. The molecule has 1 aliphatic rings. The zero-order valence-electron chi connectivity index (χ0n) is 19.6. The van der Waals surface area contributed by atoms with E-state index in [4.69, 9.17) is 9.31 Å². The van der Waals surface area contributed by atoms with Crippen LogP contribution in [0.5, 0.6) is 0 Å². The minimum atomic E-state index is -0.432. The first-order valence-electron chi connectivity index (χ1n) is 10.7. The SMILES string of the molecule is CC(C)c1cc(B2OC(C)(C)C(C)(C)O2)ccc1NC(=O)NSc1cnn(C(C)C)c1. The van der Waals surface area contributed by atoms with Crippen molar-refractivity contribution < 1.29 is 14.1 Å². The van der Waals surface area contributed by atoms with Crippen LogP contribution in [0.1, 0.15) is 72.9 Å². The second-order valence-corrected chi connectivity index (χ2v) is 10.4. The van der Waals surface area contributed by atoms with Crippen molar-refractivity contribution >= 4 is 36.2 Å². The molecule has 168 valence electrons. The van der Waals surface area contributed by atoms with Gasteiger partial charge in [-0.3, -0.25) is 9.40 Å². The number of benzene rings is 1. The molecule has 0 unspecified atom stereocenters. The minimum absolute atomic E-state index is 0.217. The topological polar surface area (TPSA) is 77.4 Å². The van der Waals surface area contributed by atoms with Crippen LogP contribution in [0.25, 0.3) is 0 Å². The van der Waals surface area contributed by atoms with Gasteiger partial charge in [0.05, 0.1) is 22.3 Å². The normalized spacial score (nSPS) is 17.4. The van der Waals surface area contributed by atoms with Gasteiger partial charge in [-0.2, -0.15) is 5.10 Å². The largest absolute Gasteiger partial charge is 0.494 e. The number of rotatable bonds is 6. The van der Waals surface area contributed by atoms with E-state index in [1.54, 1.807) is 6.20 Å². The summed E-state index contributed by atoms with van der Waals surface area (Å²) < 4.78 is 17.0. The number of carbonyl (C=O) groups is 1. The fourth-order valence-electron chi connectivity index (χ4n) is 3.21. The van der Waals surface area contributed by atoms with Crippen LogP contribution in [0.3, 0.4) is 0 Å². The lowest BCUT2D eigenvalue weighted by Gasteiger charge is -2.32. The molecule has 7 nitrogen and oxygen atoms in total. The maximum absolute atomic E-state index is 12.5. The van der Waals surface area contributed by atoms with Crippen molar-refractivity contribution in [3.63, 3.8) is 0 Å². The standard InChI is InChI=1S/C22H33BN4O3S/c1-14(2)18-11-16(23-29-21(5,6)22(7,8)30-23)9-10-19(18)25-20(28)26-31-17-12-24-27(13-17)15(3)4/h9-15H,1-8H3,(H2,25,26,28). The molecule has 2 amide bonds. The number of nitrogens with zero attached hydrogens (tertiary/aromatic N) is 2. The summed E-state index contributed by atoms with van der Waals surface area (Å²) in [5.74, 6) is 0.217. The average Bonchev–Trinajstić information content (AvgIpc) is 3.22. The Labute approximate surface area is 189 Å². The molecule has 3 rings (SSSR count). The van der Waals surface area contributed by atoms with E-state index in [9.17, 15) is 4.79 Å². The van der Waals surface area contributed by atoms with Gasteiger partial charge in [-0.25, -0.2) is 4.79 Å². The van der Waals surface area contributed by atoms with Gasteiger partial charge in [0.15, 0.2) is 0 Å². The second kappa shape index (κ2) is 8.88. The average molecular weight is 444 g/mol. The van der Waals surface area contributed by atoms with Crippen LogP contribution in [-0.2, 0) is 9.31 Å². The third-order valence-electron chi connectivity index (χ3n) is 5.84. The number of aromatic nitrogens is 2. The lowest BCUT2D eigenvalue weighted by atomic mass is 9.77. The molecule has 0 atom stereocenters. The summed E-state index contributed by atoms with van der Waals surface area (Å²) in [7, 11) is -0.432. The number of anilines is 1. The van der Waals surface area contributed by atoms with E-state index in [0.717, 1.165) is 21.6 Å². The molecular weight excluding hydrogens is 411 g/mol. The van der Waals surface area contributed by atoms with E-state index in [2.05, 4.69) is 48.9 Å². The van der Waals surface area contributed by atoms with Gasteiger partial charge in [0.2, 0.25) is 0 Å². The van der Waals surface area contributed by atoms with Gasteiger partial charge in [-0.15, -0.1) is 0 Å². The predicted octanol–water partition coefficient (Wildman–Crippen LogP) is 4.72. The molecule has 9 heteroatoms. The molecule has 2 aromatic rings. The number of amides is 2. The fraction of sp³-hybridized carbons (Fsp3) is 0.545. The summed E-state index contributed by atoms with van der Waals surface area (Å²) in [5.41, 5.74) is 1.95. The zero-order chi connectivity index (χ0) is 23.0. The highest BCUT2D eigenvalue weighted by Gasteiger charge is 2.51. The molecule has 31 heavy (non-hydrogen) atoms. The van der Waals surface area contributed by atoms with Gasteiger partial charge in [0.25, 0.3) is 0 Å². The van der Waals surface area contributed by atoms with E-state index in [1.165, 1.54) is 11.9 Å². The van der Waals surface area contributed by atoms with Gasteiger partial charge >= 0.3 is 13.1 Å². The number of carbonyl (C=O) groups excluding carboxylic acids is 1. The van der Waals surface area contributed by atoms with Crippen LogP contribution in [-0.4, -0.2) is 34.1 Å². The Kier molecular flexibility index (Phi) is 6.79. The summed E-state index contributed by atoms with van der Waals surface area (Å²) in [6.07, 6.45) is 3.65. The lowest BCUT2D eigenvalue weighted by molar-refractivity contribution is 0.00578. The molecule has 1 saturated heterocycles. The Morgan fingerprint density at radius 2 is 1.77 bits per heavy atom. The lowest BCUT2D eigenvalue weighted by Crippen LogP contribution is -2.41. The van der Waals surface area contributed by atoms with Crippen molar-refractivity contribution in [3.8, 4) is 0 Å². The van der Waals surface area contributed by atoms with Gasteiger partial charge in [-0.05, 0) is 76.5 Å². The molecule has 0 saturated carbocycles. The first-order chi connectivity index (χ1) is 14.4. The molecule has 1 aromatic heterocycles. The van der Waals surface area contributed by atoms with Crippen molar-refractivity contribution in [2.24, 2.45) is 0 Å².